The summed E-state index contributed by atoms with van der Waals surface area (Å²) < 4.78 is 6.76. The summed E-state index contributed by atoms with van der Waals surface area (Å²) in [5, 5.41) is 12.6. The van der Waals surface area contributed by atoms with Crippen LogP contribution in [0.3, 0.4) is 0 Å². The van der Waals surface area contributed by atoms with E-state index in [-0.39, 0.29) is 17.8 Å². The Bertz CT molecular complexity index is 563. The molecule has 2 unspecified atom stereocenters. The highest BCUT2D eigenvalue weighted by molar-refractivity contribution is 9.10. The topological polar surface area (TPSA) is 61.8 Å². The Balaban J connectivity index is 2.13. The van der Waals surface area contributed by atoms with Gasteiger partial charge in [-0.3, -0.25) is 4.90 Å². The van der Waals surface area contributed by atoms with Crippen molar-refractivity contribution in [2.75, 3.05) is 6.54 Å². The van der Waals surface area contributed by atoms with Gasteiger partial charge in [0.1, 0.15) is 11.5 Å². The van der Waals surface area contributed by atoms with Crippen LogP contribution >= 0.6 is 15.9 Å². The lowest BCUT2D eigenvalue weighted by molar-refractivity contribution is -0.0821. The van der Waals surface area contributed by atoms with E-state index in [1.165, 1.54) is 0 Å². The van der Waals surface area contributed by atoms with Gasteiger partial charge in [0.2, 0.25) is 0 Å². The standard InChI is InChI=1S/C13H15BrN2O3/c1-3-16-12(18)15-10-6-13(16,2)19-11-8(10)4-7(17)5-9(11)14/h4-5,10,17H,3,6H2,1-2H3,(H,15,18). The second kappa shape index (κ2) is 4.03. The van der Waals surface area contributed by atoms with Crippen LogP contribution in [-0.2, 0) is 0 Å². The molecule has 2 amide bonds. The number of rotatable bonds is 1. The molecule has 5 nitrogen and oxygen atoms in total. The number of ether oxygens (including phenoxy) is 1. The van der Waals surface area contributed by atoms with Crippen LogP contribution in [-0.4, -0.2) is 28.3 Å². The Kier molecular flexibility index (Phi) is 2.67. The van der Waals surface area contributed by atoms with Gasteiger partial charge in [0.05, 0.1) is 10.5 Å². The minimum atomic E-state index is -0.645. The van der Waals surface area contributed by atoms with E-state index in [9.17, 15) is 9.90 Å². The van der Waals surface area contributed by atoms with Gasteiger partial charge in [0.25, 0.3) is 0 Å². The first-order chi connectivity index (χ1) is 8.94. The molecule has 0 aliphatic carbocycles. The van der Waals surface area contributed by atoms with Gasteiger partial charge < -0.3 is 15.2 Å². The number of carbonyl (C=O) groups excluding carboxylic acids is 1. The molecule has 2 N–H and O–H groups in total. The quantitative estimate of drug-likeness (QED) is 0.834. The fourth-order valence-electron chi connectivity index (χ4n) is 2.93. The molecule has 0 radical (unpaired) electrons. The molecule has 2 aliphatic heterocycles. The van der Waals surface area contributed by atoms with E-state index in [2.05, 4.69) is 21.2 Å². The Morgan fingerprint density at radius 2 is 2.37 bits per heavy atom. The highest BCUT2D eigenvalue weighted by Crippen LogP contribution is 2.48. The largest absolute Gasteiger partial charge is 0.508 e. The molecule has 2 heterocycles. The maximum absolute atomic E-state index is 12.1. The van der Waals surface area contributed by atoms with E-state index in [1.807, 2.05) is 13.8 Å². The fraction of sp³-hybridized carbons (Fsp3) is 0.462. The lowest BCUT2D eigenvalue weighted by Gasteiger charge is -2.50. The third-order valence-corrected chi connectivity index (χ3v) is 4.36. The number of halogens is 1. The zero-order valence-electron chi connectivity index (χ0n) is 10.7. The third-order valence-electron chi connectivity index (χ3n) is 3.77. The van der Waals surface area contributed by atoms with Crippen LogP contribution in [0.2, 0.25) is 0 Å². The van der Waals surface area contributed by atoms with Gasteiger partial charge in [-0.25, -0.2) is 4.79 Å². The van der Waals surface area contributed by atoms with Gasteiger partial charge in [-0.2, -0.15) is 0 Å². The van der Waals surface area contributed by atoms with E-state index in [0.29, 0.717) is 23.2 Å². The predicted molar refractivity (Wildman–Crippen MR) is 73.1 cm³/mol. The first-order valence-electron chi connectivity index (χ1n) is 6.24. The van der Waals surface area contributed by atoms with Crippen LogP contribution in [0.5, 0.6) is 11.5 Å². The summed E-state index contributed by atoms with van der Waals surface area (Å²) in [6.45, 7) is 4.43. The van der Waals surface area contributed by atoms with Crippen LogP contribution in [0, 0.1) is 0 Å². The molecule has 0 saturated carbocycles. The SMILES string of the molecule is CCN1C(=O)NC2CC1(C)Oc1c(Br)cc(O)cc12. The number of fused-ring (bicyclic) bond motifs is 4. The lowest BCUT2D eigenvalue weighted by Crippen LogP contribution is -2.64. The molecular weight excluding hydrogens is 312 g/mol. The molecule has 2 atom stereocenters. The number of hydrogen-bond acceptors (Lipinski definition) is 3. The van der Waals surface area contributed by atoms with E-state index in [4.69, 9.17) is 4.74 Å². The molecule has 1 aromatic carbocycles. The monoisotopic (exact) mass is 326 g/mol. The van der Waals surface area contributed by atoms with Gasteiger partial charge in [-0.05, 0) is 41.9 Å². The van der Waals surface area contributed by atoms with Crippen LogP contribution in [0.25, 0.3) is 0 Å². The molecule has 1 aromatic rings. The summed E-state index contributed by atoms with van der Waals surface area (Å²) in [4.78, 5) is 13.8. The number of carbonyl (C=O) groups is 1. The van der Waals surface area contributed by atoms with E-state index in [1.54, 1.807) is 17.0 Å². The summed E-state index contributed by atoms with van der Waals surface area (Å²) >= 11 is 3.41. The molecule has 0 spiro atoms. The van der Waals surface area contributed by atoms with Gasteiger partial charge >= 0.3 is 6.03 Å². The number of phenols is 1. The number of phenolic OH excluding ortho intramolecular Hbond substituents is 1. The van der Waals surface area contributed by atoms with Crippen LogP contribution in [0.4, 0.5) is 4.79 Å². The maximum atomic E-state index is 12.1. The van der Waals surface area contributed by atoms with Crippen LogP contribution in [0.15, 0.2) is 16.6 Å². The number of urea groups is 1. The Hall–Kier alpha value is -1.43. The number of amides is 2. The molecular formula is C13H15BrN2O3. The number of nitrogens with one attached hydrogen (secondary N) is 1. The van der Waals surface area contributed by atoms with Gasteiger partial charge in [0, 0.05) is 18.5 Å². The minimum absolute atomic E-state index is 0.132. The van der Waals surface area contributed by atoms with Crippen molar-refractivity contribution in [3.63, 3.8) is 0 Å². The van der Waals surface area contributed by atoms with E-state index < -0.39 is 5.72 Å². The number of benzene rings is 1. The zero-order valence-corrected chi connectivity index (χ0v) is 12.3. The van der Waals surface area contributed by atoms with E-state index in [0.717, 1.165) is 5.56 Å². The van der Waals surface area contributed by atoms with Crippen molar-refractivity contribution in [1.29, 1.82) is 0 Å². The highest BCUT2D eigenvalue weighted by Gasteiger charge is 2.49. The molecule has 2 bridgehead atoms. The molecule has 102 valence electrons. The van der Waals surface area contributed by atoms with Crippen molar-refractivity contribution in [2.24, 2.45) is 0 Å². The Labute approximate surface area is 119 Å². The van der Waals surface area contributed by atoms with Crippen molar-refractivity contribution in [2.45, 2.75) is 32.0 Å². The fourth-order valence-corrected chi connectivity index (χ4v) is 3.47. The normalized spacial score (nSPS) is 28.5. The number of hydrogen-bond donors (Lipinski definition) is 2. The molecule has 0 aromatic heterocycles. The molecule has 19 heavy (non-hydrogen) atoms. The van der Waals surface area contributed by atoms with E-state index >= 15 is 0 Å². The molecule has 1 fully saturated rings. The van der Waals surface area contributed by atoms with Gasteiger partial charge in [0.15, 0.2) is 5.72 Å². The van der Waals surface area contributed by atoms with Crippen molar-refractivity contribution in [3.05, 3.63) is 22.2 Å². The third kappa shape index (κ3) is 1.77. The van der Waals surface area contributed by atoms with Gasteiger partial charge in [-0.1, -0.05) is 0 Å². The average molecular weight is 327 g/mol. The minimum Gasteiger partial charge on any atom is -0.508 e. The summed E-state index contributed by atoms with van der Waals surface area (Å²) in [6.07, 6.45) is 0.662. The number of aromatic hydroxyl groups is 1. The maximum Gasteiger partial charge on any atom is 0.320 e. The molecule has 3 rings (SSSR count). The summed E-state index contributed by atoms with van der Waals surface area (Å²) in [6, 6.07) is 2.98. The zero-order chi connectivity index (χ0) is 13.8. The smallest absolute Gasteiger partial charge is 0.320 e. The lowest BCUT2D eigenvalue weighted by atomic mass is 9.90. The first-order valence-corrected chi connectivity index (χ1v) is 7.03. The second-order valence-corrected chi connectivity index (χ2v) is 5.93. The Morgan fingerprint density at radius 3 is 3.05 bits per heavy atom. The second-order valence-electron chi connectivity index (χ2n) is 5.07. The molecule has 2 aliphatic rings. The number of nitrogens with zero attached hydrogens (tertiary/aromatic N) is 1. The summed E-state index contributed by atoms with van der Waals surface area (Å²) in [5.74, 6) is 0.847. The molecule has 1 saturated heterocycles. The van der Waals surface area contributed by atoms with Gasteiger partial charge in [-0.15, -0.1) is 0 Å². The van der Waals surface area contributed by atoms with Crippen LogP contribution in [0.1, 0.15) is 31.9 Å². The highest BCUT2D eigenvalue weighted by atomic mass is 79.9. The average Bonchev–Trinajstić information content (AvgIpc) is 2.31. The first kappa shape index (κ1) is 12.6. The predicted octanol–water partition coefficient (Wildman–Crippen LogP) is 2.74. The van der Waals surface area contributed by atoms with Crippen molar-refractivity contribution < 1.29 is 14.6 Å². The van der Waals surface area contributed by atoms with Crippen LogP contribution < -0.4 is 10.1 Å². The summed E-state index contributed by atoms with van der Waals surface area (Å²) in [5.41, 5.74) is 0.169. The van der Waals surface area contributed by atoms with Crippen molar-refractivity contribution in [3.8, 4) is 11.5 Å². The summed E-state index contributed by atoms with van der Waals surface area (Å²) in [7, 11) is 0. The molecule has 6 heteroatoms. The van der Waals surface area contributed by atoms with Crippen molar-refractivity contribution in [1.82, 2.24) is 10.2 Å². The Morgan fingerprint density at radius 1 is 1.63 bits per heavy atom. The van der Waals surface area contributed by atoms with Crippen molar-refractivity contribution >= 4 is 22.0 Å².